The fourth-order valence-electron chi connectivity index (χ4n) is 6.08. The molecule has 0 fully saturated rings. The minimum atomic E-state index is -0.974. The molecule has 0 radical (unpaired) electrons. The number of benzene rings is 2. The molecule has 15 heteroatoms. The molecule has 3 N–H and O–H groups in total. The normalized spacial score (nSPS) is 18.1. The molecule has 2 atom stereocenters. The number of fused-ring (bicyclic) bond motifs is 4. The smallest absolute Gasteiger partial charge is 0.348 e. The molecule has 4 bridgehead atoms. The molecule has 4 aromatic rings. The SMILES string of the molecule is Cc1cc(C)n(CC(=O)N2CCNC(=O)[C@H](Cc3ccccc3)NC(=O)[C@@H](C(C)C)NC(=O)Cc3cccc(c3)OCCn3cc(nn3)CC2)c(=O)n1. The van der Waals surface area contributed by atoms with Crippen molar-refractivity contribution >= 4 is 23.6 Å². The molecule has 0 saturated heterocycles. The third kappa shape index (κ3) is 11.1. The van der Waals surface area contributed by atoms with Gasteiger partial charge in [0.15, 0.2) is 0 Å². The van der Waals surface area contributed by atoms with Gasteiger partial charge in [-0.25, -0.2) is 9.48 Å². The van der Waals surface area contributed by atoms with Crippen LogP contribution in [0.25, 0.3) is 0 Å². The van der Waals surface area contributed by atoms with Gasteiger partial charge in [0.05, 0.1) is 18.7 Å². The molecule has 3 heterocycles. The highest BCUT2D eigenvalue weighted by Crippen LogP contribution is 2.15. The van der Waals surface area contributed by atoms with E-state index in [1.807, 2.05) is 50.2 Å². The lowest BCUT2D eigenvalue weighted by atomic mass is 10.0. The van der Waals surface area contributed by atoms with Crippen LogP contribution in [-0.2, 0) is 51.5 Å². The molecule has 0 aliphatic carbocycles. The van der Waals surface area contributed by atoms with Crippen LogP contribution in [0.3, 0.4) is 0 Å². The van der Waals surface area contributed by atoms with E-state index in [1.165, 1.54) is 4.57 Å². The predicted octanol–water partition coefficient (Wildman–Crippen LogP) is 1.14. The Labute approximate surface area is 308 Å². The number of carbonyl (C=O) groups excluding carboxylic acids is 4. The average Bonchev–Trinajstić information content (AvgIpc) is 3.57. The van der Waals surface area contributed by atoms with Crippen LogP contribution in [0.5, 0.6) is 5.75 Å². The van der Waals surface area contributed by atoms with Crippen LogP contribution in [0, 0.1) is 19.8 Å². The summed E-state index contributed by atoms with van der Waals surface area (Å²) in [4.78, 5) is 72.6. The summed E-state index contributed by atoms with van der Waals surface area (Å²) < 4.78 is 8.91. The van der Waals surface area contributed by atoms with Crippen molar-refractivity contribution in [2.75, 3.05) is 26.2 Å². The van der Waals surface area contributed by atoms with Crippen molar-refractivity contribution in [3.8, 4) is 5.75 Å². The molecule has 4 amide bonds. The van der Waals surface area contributed by atoms with Crippen LogP contribution in [0.1, 0.15) is 42.1 Å². The monoisotopic (exact) mass is 725 g/mol. The number of ether oxygens (including phenoxy) is 1. The zero-order valence-corrected chi connectivity index (χ0v) is 30.6. The Morgan fingerprint density at radius 2 is 1.74 bits per heavy atom. The number of hydrogen-bond donors (Lipinski definition) is 3. The van der Waals surface area contributed by atoms with E-state index in [0.29, 0.717) is 48.0 Å². The Morgan fingerprint density at radius 3 is 2.49 bits per heavy atom. The molecule has 280 valence electrons. The van der Waals surface area contributed by atoms with E-state index in [-0.39, 0.29) is 56.8 Å². The van der Waals surface area contributed by atoms with Crippen LogP contribution in [0.4, 0.5) is 0 Å². The van der Waals surface area contributed by atoms with E-state index in [9.17, 15) is 24.0 Å². The predicted molar refractivity (Wildman–Crippen MR) is 196 cm³/mol. The second-order valence-corrected chi connectivity index (χ2v) is 13.5. The van der Waals surface area contributed by atoms with E-state index in [4.69, 9.17) is 4.74 Å². The van der Waals surface area contributed by atoms with Gasteiger partial charge in [0.1, 0.15) is 31.0 Å². The van der Waals surface area contributed by atoms with Gasteiger partial charge in [-0.1, -0.05) is 61.5 Å². The molecule has 2 aromatic heterocycles. The Kier molecular flexibility index (Phi) is 13.1. The first kappa shape index (κ1) is 38.4. The topological polar surface area (TPSA) is 182 Å². The van der Waals surface area contributed by atoms with Crippen molar-refractivity contribution in [1.82, 2.24) is 45.4 Å². The zero-order chi connectivity index (χ0) is 37.9. The van der Waals surface area contributed by atoms with Gasteiger partial charge >= 0.3 is 5.69 Å². The molecule has 1 aliphatic heterocycles. The summed E-state index contributed by atoms with van der Waals surface area (Å²) in [5, 5.41) is 17.1. The summed E-state index contributed by atoms with van der Waals surface area (Å²) in [5.41, 5.74) is 2.83. The van der Waals surface area contributed by atoms with Gasteiger partial charge in [-0.2, -0.15) is 4.98 Å². The summed E-state index contributed by atoms with van der Waals surface area (Å²) in [6.45, 7) is 8.00. The fourth-order valence-corrected chi connectivity index (χ4v) is 6.08. The second kappa shape index (κ2) is 18.1. The number of hydrogen-bond acceptors (Lipinski definition) is 9. The highest BCUT2D eigenvalue weighted by molar-refractivity contribution is 5.92. The summed E-state index contributed by atoms with van der Waals surface area (Å²) in [7, 11) is 0. The quantitative estimate of drug-likeness (QED) is 0.272. The van der Waals surface area contributed by atoms with Gasteiger partial charge in [-0.15, -0.1) is 5.10 Å². The van der Waals surface area contributed by atoms with Crippen molar-refractivity contribution in [3.05, 3.63) is 106 Å². The number of aryl methyl sites for hydroxylation is 2. The highest BCUT2D eigenvalue weighted by atomic mass is 16.5. The standard InChI is InChI=1S/C38H47N9O6/c1-25(2)35-37(51)41-32(21-28-9-6-5-7-10-28)36(50)39-14-16-45(34(49)24-47-27(4)19-26(3)40-38(47)52)15-13-30-23-46(44-43-30)17-18-53-31-12-8-11-29(20-31)22-33(48)42-35/h5-12,19-20,23,25,32,35H,13-18,21-22,24H2,1-4H3,(H,39,50)(H,41,51)(H,42,48)/t32-,35+/m0/s1. The molecule has 53 heavy (non-hydrogen) atoms. The van der Waals surface area contributed by atoms with E-state index >= 15 is 0 Å². The summed E-state index contributed by atoms with van der Waals surface area (Å²) >= 11 is 0. The lowest BCUT2D eigenvalue weighted by Gasteiger charge is -2.26. The van der Waals surface area contributed by atoms with E-state index in [2.05, 4.69) is 31.2 Å². The van der Waals surface area contributed by atoms with Crippen molar-refractivity contribution < 1.29 is 23.9 Å². The molecular weight excluding hydrogens is 678 g/mol. The maximum absolute atomic E-state index is 13.8. The second-order valence-electron chi connectivity index (χ2n) is 13.5. The molecule has 2 aromatic carbocycles. The lowest BCUT2D eigenvalue weighted by Crippen LogP contribution is -2.56. The number of rotatable bonds is 5. The Bertz CT molecular complexity index is 1960. The van der Waals surface area contributed by atoms with Gasteiger partial charge in [-0.05, 0) is 49.1 Å². The maximum Gasteiger partial charge on any atom is 0.348 e. The van der Waals surface area contributed by atoms with Crippen molar-refractivity contribution in [3.63, 3.8) is 0 Å². The molecule has 0 saturated carbocycles. The van der Waals surface area contributed by atoms with E-state index in [0.717, 1.165) is 5.56 Å². The molecule has 1 aliphatic rings. The van der Waals surface area contributed by atoms with Gasteiger partial charge in [0.25, 0.3) is 0 Å². The number of nitrogens with one attached hydrogen (secondary N) is 3. The van der Waals surface area contributed by atoms with Crippen molar-refractivity contribution in [1.29, 1.82) is 0 Å². The molecule has 0 unspecified atom stereocenters. The van der Waals surface area contributed by atoms with Crippen LogP contribution in [0.15, 0.2) is 71.7 Å². The number of nitrogens with zero attached hydrogens (tertiary/aromatic N) is 6. The highest BCUT2D eigenvalue weighted by Gasteiger charge is 2.29. The van der Waals surface area contributed by atoms with Crippen molar-refractivity contribution in [2.24, 2.45) is 5.92 Å². The van der Waals surface area contributed by atoms with Crippen LogP contribution >= 0.6 is 0 Å². The summed E-state index contributed by atoms with van der Waals surface area (Å²) in [6, 6.07) is 16.3. The minimum absolute atomic E-state index is 0.0257. The van der Waals surface area contributed by atoms with E-state index < -0.39 is 29.6 Å². The van der Waals surface area contributed by atoms with Gasteiger partial charge in [0, 0.05) is 50.1 Å². The Balaban J connectivity index is 1.40. The first-order chi connectivity index (χ1) is 25.4. The zero-order valence-electron chi connectivity index (χ0n) is 30.6. The average molecular weight is 726 g/mol. The van der Waals surface area contributed by atoms with Gasteiger partial charge in [0.2, 0.25) is 23.6 Å². The summed E-state index contributed by atoms with van der Waals surface area (Å²) in [5.74, 6) is -1.33. The third-order valence-corrected chi connectivity index (χ3v) is 8.93. The lowest BCUT2D eigenvalue weighted by molar-refractivity contribution is -0.133. The van der Waals surface area contributed by atoms with Gasteiger partial charge in [-0.3, -0.25) is 23.7 Å². The first-order valence-corrected chi connectivity index (χ1v) is 17.8. The minimum Gasteiger partial charge on any atom is -0.492 e. The Morgan fingerprint density at radius 1 is 0.943 bits per heavy atom. The molecule has 0 spiro atoms. The first-order valence-electron chi connectivity index (χ1n) is 17.8. The number of carbonyl (C=O) groups is 4. The van der Waals surface area contributed by atoms with Gasteiger partial charge < -0.3 is 25.6 Å². The fraction of sp³-hybridized carbons (Fsp3) is 0.421. The summed E-state index contributed by atoms with van der Waals surface area (Å²) in [6.07, 6.45) is 2.38. The molecule has 15 nitrogen and oxygen atoms in total. The largest absolute Gasteiger partial charge is 0.492 e. The van der Waals surface area contributed by atoms with E-state index in [1.54, 1.807) is 53.9 Å². The van der Waals surface area contributed by atoms with Crippen LogP contribution in [0.2, 0.25) is 0 Å². The third-order valence-electron chi connectivity index (χ3n) is 8.93. The Hall–Kier alpha value is -5.86. The molecular formula is C38H47N9O6. The van der Waals surface area contributed by atoms with Crippen molar-refractivity contribution in [2.45, 2.75) is 72.1 Å². The maximum atomic E-state index is 13.8. The van der Waals surface area contributed by atoms with Crippen LogP contribution in [-0.4, -0.2) is 91.4 Å². The van der Waals surface area contributed by atoms with Crippen LogP contribution < -0.4 is 26.4 Å². The number of amides is 4. The molecule has 5 rings (SSSR count). The number of aromatic nitrogens is 5.